The van der Waals surface area contributed by atoms with E-state index in [1.54, 1.807) is 17.0 Å². The highest BCUT2D eigenvalue weighted by Gasteiger charge is 2.08. The first-order chi connectivity index (χ1) is 10.6. The average molecular weight is 394 g/mol. The molecule has 0 amide bonds. The number of aromatic nitrogens is 3. The largest absolute Gasteiger partial charge is 0.250 e. The molecule has 0 saturated heterocycles. The van der Waals surface area contributed by atoms with Crippen LogP contribution >= 0.6 is 39.7 Å². The minimum Gasteiger partial charge on any atom is -0.250 e. The minimum atomic E-state index is 0.415. The number of nitrogens with zero attached hydrogens (tertiary/aromatic N) is 3. The molecule has 1 heterocycles. The molecule has 0 spiro atoms. The summed E-state index contributed by atoms with van der Waals surface area (Å²) in [4.78, 5) is 0. The number of hydrogen-bond donors (Lipinski definition) is 1. The lowest BCUT2D eigenvalue weighted by Gasteiger charge is -2.02. The van der Waals surface area contributed by atoms with E-state index < -0.39 is 0 Å². The van der Waals surface area contributed by atoms with E-state index >= 15 is 0 Å². The molecule has 2 aromatic carbocycles. The normalized spacial score (nSPS) is 11.2. The van der Waals surface area contributed by atoms with Crippen molar-refractivity contribution in [3.05, 3.63) is 68.4 Å². The molecule has 3 rings (SSSR count). The molecule has 22 heavy (non-hydrogen) atoms. The number of aromatic amines is 1. The number of benzene rings is 2. The molecular weight excluding hydrogens is 384 g/mol. The Hall–Kier alpha value is -1.76. The molecule has 0 aliphatic heterocycles. The van der Waals surface area contributed by atoms with Crippen LogP contribution in [-0.4, -0.2) is 21.1 Å². The molecule has 0 aliphatic rings. The predicted octanol–water partition coefficient (Wildman–Crippen LogP) is 4.91. The highest BCUT2D eigenvalue weighted by atomic mass is 79.9. The Kier molecular flexibility index (Phi) is 4.52. The highest BCUT2D eigenvalue weighted by molar-refractivity contribution is 9.10. The molecule has 3 aromatic rings. The van der Waals surface area contributed by atoms with Crippen LogP contribution < -0.4 is 0 Å². The van der Waals surface area contributed by atoms with Crippen molar-refractivity contribution >= 4 is 46.0 Å². The minimum absolute atomic E-state index is 0.415. The Morgan fingerprint density at radius 1 is 1.23 bits per heavy atom. The Labute approximate surface area is 145 Å². The van der Waals surface area contributed by atoms with Gasteiger partial charge in [0.1, 0.15) is 0 Å². The van der Waals surface area contributed by atoms with Crippen LogP contribution in [0.2, 0.25) is 5.02 Å². The molecule has 0 radical (unpaired) electrons. The lowest BCUT2D eigenvalue weighted by molar-refractivity contribution is 0.871. The molecule has 0 fully saturated rings. The Balaban J connectivity index is 2.04. The van der Waals surface area contributed by atoms with Gasteiger partial charge >= 0.3 is 0 Å². The van der Waals surface area contributed by atoms with Crippen LogP contribution in [0, 0.1) is 4.77 Å². The Morgan fingerprint density at radius 2 is 2.05 bits per heavy atom. The number of hydrogen-bond acceptors (Lipinski definition) is 3. The van der Waals surface area contributed by atoms with E-state index in [9.17, 15) is 0 Å². The van der Waals surface area contributed by atoms with Crippen molar-refractivity contribution in [3.8, 4) is 11.4 Å². The summed E-state index contributed by atoms with van der Waals surface area (Å²) < 4.78 is 2.94. The first kappa shape index (κ1) is 15.1. The van der Waals surface area contributed by atoms with Crippen LogP contribution in [0.15, 0.2) is 58.1 Å². The summed E-state index contributed by atoms with van der Waals surface area (Å²) in [5, 5.41) is 12.0. The van der Waals surface area contributed by atoms with E-state index in [1.165, 1.54) is 0 Å². The quantitative estimate of drug-likeness (QED) is 0.508. The maximum absolute atomic E-state index is 6.03. The lowest BCUT2D eigenvalue weighted by atomic mass is 10.2. The van der Waals surface area contributed by atoms with Gasteiger partial charge in [-0.15, -0.1) is 0 Å². The zero-order valence-electron chi connectivity index (χ0n) is 11.2. The SMILES string of the molecule is S=c1[nH]nc(-c2cccc(Cl)c2)n1/N=C/c1ccccc1Br. The van der Waals surface area contributed by atoms with Crippen LogP contribution in [0.1, 0.15) is 5.56 Å². The van der Waals surface area contributed by atoms with Gasteiger partial charge in [0.25, 0.3) is 0 Å². The molecule has 110 valence electrons. The Morgan fingerprint density at radius 3 is 2.82 bits per heavy atom. The van der Waals surface area contributed by atoms with Crippen LogP contribution in [0.3, 0.4) is 0 Å². The van der Waals surface area contributed by atoms with Crippen LogP contribution in [-0.2, 0) is 0 Å². The van der Waals surface area contributed by atoms with Crippen molar-refractivity contribution < 1.29 is 0 Å². The first-order valence-corrected chi connectivity index (χ1v) is 7.95. The van der Waals surface area contributed by atoms with Gasteiger partial charge in [0.2, 0.25) is 4.77 Å². The van der Waals surface area contributed by atoms with E-state index in [2.05, 4.69) is 31.2 Å². The van der Waals surface area contributed by atoms with Gasteiger partial charge in [-0.25, -0.2) is 5.10 Å². The van der Waals surface area contributed by atoms with Gasteiger partial charge in [-0.3, -0.25) is 0 Å². The van der Waals surface area contributed by atoms with Crippen molar-refractivity contribution in [2.75, 3.05) is 0 Å². The first-order valence-electron chi connectivity index (χ1n) is 6.37. The van der Waals surface area contributed by atoms with Crippen molar-refractivity contribution in [2.24, 2.45) is 5.10 Å². The van der Waals surface area contributed by atoms with E-state index in [0.29, 0.717) is 15.6 Å². The summed E-state index contributed by atoms with van der Waals surface area (Å²) in [6.07, 6.45) is 1.73. The summed E-state index contributed by atoms with van der Waals surface area (Å²) in [7, 11) is 0. The van der Waals surface area contributed by atoms with Crippen molar-refractivity contribution in [3.63, 3.8) is 0 Å². The monoisotopic (exact) mass is 392 g/mol. The molecule has 7 heteroatoms. The van der Waals surface area contributed by atoms with E-state index in [4.69, 9.17) is 23.8 Å². The fraction of sp³-hybridized carbons (Fsp3) is 0. The summed E-state index contributed by atoms with van der Waals surface area (Å²) in [5.74, 6) is 0.607. The Bertz CT molecular complexity index is 900. The number of nitrogens with one attached hydrogen (secondary N) is 1. The molecule has 0 aliphatic carbocycles. The maximum Gasteiger partial charge on any atom is 0.216 e. The maximum atomic E-state index is 6.03. The molecule has 1 aromatic heterocycles. The van der Waals surface area contributed by atoms with Gasteiger partial charge < -0.3 is 0 Å². The molecule has 0 saturated carbocycles. The van der Waals surface area contributed by atoms with Gasteiger partial charge in [0, 0.05) is 20.6 Å². The third-order valence-corrected chi connectivity index (χ3v) is 4.17. The average Bonchev–Trinajstić information content (AvgIpc) is 2.87. The summed E-state index contributed by atoms with van der Waals surface area (Å²) in [6.45, 7) is 0. The molecule has 0 unspecified atom stereocenters. The van der Waals surface area contributed by atoms with Gasteiger partial charge in [0.15, 0.2) is 5.82 Å². The zero-order valence-corrected chi connectivity index (χ0v) is 14.4. The summed E-state index contributed by atoms with van der Waals surface area (Å²) >= 11 is 14.8. The smallest absolute Gasteiger partial charge is 0.216 e. The van der Waals surface area contributed by atoms with Crippen molar-refractivity contribution in [1.29, 1.82) is 0 Å². The van der Waals surface area contributed by atoms with Crippen LogP contribution in [0.5, 0.6) is 0 Å². The molecule has 1 N–H and O–H groups in total. The topological polar surface area (TPSA) is 46.0 Å². The predicted molar refractivity (Wildman–Crippen MR) is 95.0 cm³/mol. The van der Waals surface area contributed by atoms with Gasteiger partial charge in [-0.2, -0.15) is 14.9 Å². The second kappa shape index (κ2) is 6.56. The third kappa shape index (κ3) is 3.19. The highest BCUT2D eigenvalue weighted by Crippen LogP contribution is 2.21. The molecule has 0 atom stereocenters. The van der Waals surface area contributed by atoms with Gasteiger partial charge in [-0.05, 0) is 30.4 Å². The zero-order chi connectivity index (χ0) is 15.5. The number of halogens is 2. The van der Waals surface area contributed by atoms with Gasteiger partial charge in [0.05, 0.1) is 6.21 Å². The fourth-order valence-corrected chi connectivity index (χ4v) is 2.67. The lowest BCUT2D eigenvalue weighted by Crippen LogP contribution is -1.95. The van der Waals surface area contributed by atoms with Gasteiger partial charge in [-0.1, -0.05) is 57.9 Å². The molecule has 0 bridgehead atoms. The summed E-state index contributed by atoms with van der Waals surface area (Å²) in [5.41, 5.74) is 1.78. The fourth-order valence-electron chi connectivity index (χ4n) is 1.91. The second-order valence-corrected chi connectivity index (χ2v) is 6.12. The molecular formula is C15H10BrClN4S. The van der Waals surface area contributed by atoms with Crippen molar-refractivity contribution in [1.82, 2.24) is 14.9 Å². The van der Waals surface area contributed by atoms with E-state index in [-0.39, 0.29) is 0 Å². The number of H-pyrrole nitrogens is 1. The van der Waals surface area contributed by atoms with E-state index in [1.807, 2.05) is 42.5 Å². The standard InChI is InChI=1S/C15H10BrClN4S/c16-13-7-2-1-4-11(13)9-18-21-14(19-20-15(21)22)10-5-3-6-12(17)8-10/h1-9H,(H,20,22)/b18-9+. The summed E-state index contributed by atoms with van der Waals surface area (Å²) in [6, 6.07) is 15.2. The van der Waals surface area contributed by atoms with Crippen molar-refractivity contribution in [2.45, 2.75) is 0 Å². The molecule has 4 nitrogen and oxygen atoms in total. The second-order valence-electron chi connectivity index (χ2n) is 4.44. The van der Waals surface area contributed by atoms with Crippen LogP contribution in [0.25, 0.3) is 11.4 Å². The number of rotatable bonds is 3. The van der Waals surface area contributed by atoms with E-state index in [0.717, 1.165) is 15.6 Å². The van der Waals surface area contributed by atoms with Crippen LogP contribution in [0.4, 0.5) is 0 Å². The third-order valence-electron chi connectivity index (χ3n) is 2.95.